The maximum absolute atomic E-state index is 10.1. The van der Waals surface area contributed by atoms with Gasteiger partial charge in [0.2, 0.25) is 0 Å². The third-order valence-electron chi connectivity index (χ3n) is 5.22. The van der Waals surface area contributed by atoms with Crippen molar-refractivity contribution in [3.05, 3.63) is 47.6 Å². The first-order valence-electron chi connectivity index (χ1n) is 8.36. The zero-order valence-electron chi connectivity index (χ0n) is 15.0. The van der Waals surface area contributed by atoms with Gasteiger partial charge in [0.15, 0.2) is 0 Å². The van der Waals surface area contributed by atoms with Gasteiger partial charge in [-0.1, -0.05) is 55.4 Å². The Kier molecular flexibility index (Phi) is 5.05. The van der Waals surface area contributed by atoms with Crippen molar-refractivity contribution in [3.8, 4) is 0 Å². The summed E-state index contributed by atoms with van der Waals surface area (Å²) in [5.41, 5.74) is 1.59. The molecule has 0 radical (unpaired) electrons. The Labute approximate surface area is 140 Å². The molecule has 0 spiro atoms. The third kappa shape index (κ3) is 3.52. The van der Waals surface area contributed by atoms with Crippen LogP contribution in [0.4, 0.5) is 0 Å². The van der Waals surface area contributed by atoms with Crippen molar-refractivity contribution < 1.29 is 14.9 Å². The quantitative estimate of drug-likeness (QED) is 0.600. The van der Waals surface area contributed by atoms with Crippen LogP contribution >= 0.6 is 0 Å². The van der Waals surface area contributed by atoms with E-state index in [1.165, 1.54) is 0 Å². The summed E-state index contributed by atoms with van der Waals surface area (Å²) < 4.78 is 6.13. The van der Waals surface area contributed by atoms with Crippen LogP contribution in [0, 0.1) is 5.41 Å². The van der Waals surface area contributed by atoms with E-state index in [0.717, 1.165) is 17.6 Å². The predicted molar refractivity (Wildman–Crippen MR) is 94.1 cm³/mol. The van der Waals surface area contributed by atoms with Crippen molar-refractivity contribution in [3.63, 3.8) is 0 Å². The normalized spacial score (nSPS) is 37.4. The van der Waals surface area contributed by atoms with Gasteiger partial charge in [-0.25, -0.2) is 0 Å². The lowest BCUT2D eigenvalue weighted by molar-refractivity contribution is 0.0515. The highest BCUT2D eigenvalue weighted by atomic mass is 16.6. The van der Waals surface area contributed by atoms with Gasteiger partial charge >= 0.3 is 0 Å². The molecule has 2 fully saturated rings. The molecule has 0 bridgehead atoms. The van der Waals surface area contributed by atoms with Crippen LogP contribution in [0.5, 0.6) is 0 Å². The van der Waals surface area contributed by atoms with Crippen LogP contribution in [0.15, 0.2) is 47.6 Å². The lowest BCUT2D eigenvalue weighted by Crippen LogP contribution is -2.46. The summed E-state index contributed by atoms with van der Waals surface area (Å²) in [6, 6.07) is 0. The molecule has 1 heterocycles. The maximum Gasteiger partial charge on any atom is 0.121 e. The minimum Gasteiger partial charge on any atom is -0.393 e. The second-order valence-corrected chi connectivity index (χ2v) is 7.75. The summed E-state index contributed by atoms with van der Waals surface area (Å²) in [7, 11) is 0. The van der Waals surface area contributed by atoms with Gasteiger partial charge in [-0.3, -0.25) is 0 Å². The number of aliphatic hydroxyl groups is 2. The molecule has 23 heavy (non-hydrogen) atoms. The van der Waals surface area contributed by atoms with E-state index < -0.39 is 0 Å². The molecule has 0 unspecified atom stereocenters. The molecule has 128 valence electrons. The zero-order valence-corrected chi connectivity index (χ0v) is 15.0. The van der Waals surface area contributed by atoms with Gasteiger partial charge in [0.05, 0.1) is 12.7 Å². The number of aliphatic hydroxyl groups excluding tert-OH is 2. The average molecular weight is 318 g/mol. The maximum atomic E-state index is 10.1. The van der Waals surface area contributed by atoms with Gasteiger partial charge in [-0.2, -0.15) is 0 Å². The van der Waals surface area contributed by atoms with Crippen molar-refractivity contribution in [1.29, 1.82) is 0 Å². The molecule has 2 aliphatic rings. The fourth-order valence-corrected chi connectivity index (χ4v) is 3.94. The van der Waals surface area contributed by atoms with Crippen LogP contribution in [0.3, 0.4) is 0 Å². The molecular formula is C20H30O3. The highest BCUT2D eigenvalue weighted by molar-refractivity contribution is 5.36. The minimum atomic E-state index is -0.278. The smallest absolute Gasteiger partial charge is 0.121 e. The molecule has 1 saturated heterocycles. The Hall–Kier alpha value is -1.16. The Balaban J connectivity index is 2.09. The Morgan fingerprint density at radius 1 is 1.13 bits per heavy atom. The Bertz CT molecular complexity index is 567. The molecule has 1 saturated carbocycles. The van der Waals surface area contributed by atoms with E-state index in [1.54, 1.807) is 6.08 Å². The Morgan fingerprint density at radius 3 is 2.43 bits per heavy atom. The van der Waals surface area contributed by atoms with Gasteiger partial charge in [-0.15, -0.1) is 0 Å². The minimum absolute atomic E-state index is 0.0676. The lowest BCUT2D eigenvalue weighted by atomic mass is 9.63. The number of epoxide rings is 1. The molecular weight excluding hydrogens is 288 g/mol. The molecule has 0 amide bonds. The predicted octanol–water partition coefficient (Wildman–Crippen LogP) is 3.69. The van der Waals surface area contributed by atoms with Crippen LogP contribution in [0.25, 0.3) is 0 Å². The number of ether oxygens (including phenoxy) is 1. The van der Waals surface area contributed by atoms with Crippen molar-refractivity contribution >= 4 is 0 Å². The van der Waals surface area contributed by atoms with Crippen LogP contribution in [-0.4, -0.2) is 34.1 Å². The van der Waals surface area contributed by atoms with Crippen molar-refractivity contribution in [2.45, 2.75) is 64.8 Å². The fourth-order valence-electron chi connectivity index (χ4n) is 3.94. The number of allylic oxidation sites excluding steroid dienone is 6. The summed E-state index contributed by atoms with van der Waals surface area (Å²) in [4.78, 5) is 0. The second kappa shape index (κ2) is 6.39. The van der Waals surface area contributed by atoms with Gasteiger partial charge in [0.25, 0.3) is 0 Å². The van der Waals surface area contributed by atoms with Crippen LogP contribution in [0.1, 0.15) is 47.5 Å². The summed E-state index contributed by atoms with van der Waals surface area (Å²) in [5, 5.41) is 18.9. The van der Waals surface area contributed by atoms with E-state index in [9.17, 15) is 5.11 Å². The molecule has 0 aromatic rings. The Morgan fingerprint density at radius 2 is 1.83 bits per heavy atom. The molecule has 0 aromatic heterocycles. The van der Waals surface area contributed by atoms with Gasteiger partial charge < -0.3 is 14.9 Å². The molecule has 3 atom stereocenters. The number of rotatable bonds is 5. The van der Waals surface area contributed by atoms with Crippen molar-refractivity contribution in [1.82, 2.24) is 0 Å². The zero-order chi connectivity index (χ0) is 17.3. The largest absolute Gasteiger partial charge is 0.393 e. The summed E-state index contributed by atoms with van der Waals surface area (Å²) in [5.74, 6) is 0. The van der Waals surface area contributed by atoms with Gasteiger partial charge in [0.1, 0.15) is 11.2 Å². The number of hydrogen-bond acceptors (Lipinski definition) is 3. The van der Waals surface area contributed by atoms with E-state index in [1.807, 2.05) is 25.2 Å². The molecule has 1 aliphatic heterocycles. The van der Waals surface area contributed by atoms with E-state index >= 15 is 0 Å². The lowest BCUT2D eigenvalue weighted by Gasteiger charge is -2.39. The van der Waals surface area contributed by atoms with E-state index in [4.69, 9.17) is 9.84 Å². The molecule has 3 heteroatoms. The fraction of sp³-hybridized carbons (Fsp3) is 0.600. The topological polar surface area (TPSA) is 53.0 Å². The van der Waals surface area contributed by atoms with Crippen molar-refractivity contribution in [2.24, 2.45) is 5.41 Å². The highest BCUT2D eigenvalue weighted by Gasteiger charge is 2.74. The molecule has 2 N–H and O–H groups in total. The highest BCUT2D eigenvalue weighted by Crippen LogP contribution is 2.66. The first kappa shape index (κ1) is 18.2. The third-order valence-corrected chi connectivity index (χ3v) is 5.22. The summed E-state index contributed by atoms with van der Waals surface area (Å²) in [6.07, 6.45) is 13.3. The van der Waals surface area contributed by atoms with Crippen LogP contribution in [0.2, 0.25) is 0 Å². The number of hydrogen-bond donors (Lipinski definition) is 2. The van der Waals surface area contributed by atoms with Crippen LogP contribution in [-0.2, 0) is 4.74 Å². The number of fused-ring (bicyclic) bond motifs is 1. The molecule has 2 rings (SSSR count). The van der Waals surface area contributed by atoms with E-state index in [2.05, 4.69) is 39.8 Å². The standard InChI is InChI=1S/C20H30O3/c1-15(7-6-8-16(2)10-12-21)9-11-20-18(3,4)13-17(22)14-19(20,5)23-20/h6-11,17,21-22H,12-14H2,1-5H3/b8-6+,11-9+,15-7+,16-10+/t17-,19+,20-/m0/s1. The second-order valence-electron chi connectivity index (χ2n) is 7.75. The monoisotopic (exact) mass is 318 g/mol. The first-order chi connectivity index (χ1) is 10.7. The molecule has 1 aliphatic carbocycles. The SMILES string of the molecule is CC(/C=C/[C@@]12O[C@]1(C)C[C@@H](O)CC2(C)C)=C\C=C\C(C)=C\CO. The van der Waals surface area contributed by atoms with Crippen molar-refractivity contribution in [2.75, 3.05) is 6.61 Å². The molecule has 3 nitrogen and oxygen atoms in total. The summed E-state index contributed by atoms with van der Waals surface area (Å²) >= 11 is 0. The first-order valence-corrected chi connectivity index (χ1v) is 8.36. The molecule has 0 aromatic carbocycles. The average Bonchev–Trinajstić information content (AvgIpc) is 3.03. The van der Waals surface area contributed by atoms with E-state index in [-0.39, 0.29) is 29.3 Å². The van der Waals surface area contributed by atoms with Gasteiger partial charge in [-0.05, 0) is 33.3 Å². The van der Waals surface area contributed by atoms with Crippen LogP contribution < -0.4 is 0 Å². The summed E-state index contributed by atoms with van der Waals surface area (Å²) in [6.45, 7) is 10.5. The van der Waals surface area contributed by atoms with E-state index in [0.29, 0.717) is 6.42 Å². The van der Waals surface area contributed by atoms with Gasteiger partial charge in [0, 0.05) is 11.8 Å².